The van der Waals surface area contributed by atoms with Crippen molar-refractivity contribution in [1.29, 1.82) is 0 Å². The first-order valence-electron chi connectivity index (χ1n) is 6.07. The zero-order valence-electron chi connectivity index (χ0n) is 11.5. The van der Waals surface area contributed by atoms with Gasteiger partial charge in [0.2, 0.25) is 6.41 Å². The molecule has 6 heteroatoms. The molecule has 1 fully saturated rings. The van der Waals surface area contributed by atoms with Crippen LogP contribution in [0, 0.1) is 0 Å². The van der Waals surface area contributed by atoms with Crippen LogP contribution in [0.2, 0.25) is 0 Å². The van der Waals surface area contributed by atoms with Crippen LogP contribution in [0.1, 0.15) is 33.6 Å². The molecule has 1 aliphatic heterocycles. The predicted octanol–water partition coefficient (Wildman–Crippen LogP) is 2.45. The maximum atomic E-state index is 11.2. The summed E-state index contributed by atoms with van der Waals surface area (Å²) in [5.74, 6) is 0.582. The van der Waals surface area contributed by atoms with Gasteiger partial charge in [-0.3, -0.25) is 4.79 Å². The van der Waals surface area contributed by atoms with Gasteiger partial charge < -0.3 is 9.64 Å². The quantitative estimate of drug-likeness (QED) is 0.477. The van der Waals surface area contributed by atoms with E-state index in [4.69, 9.17) is 4.74 Å². The number of piperidine rings is 1. The third-order valence-corrected chi connectivity index (χ3v) is 2.87. The van der Waals surface area contributed by atoms with Gasteiger partial charge in [0.25, 0.3) is 0 Å². The van der Waals surface area contributed by atoms with E-state index in [-0.39, 0.29) is 0 Å². The van der Waals surface area contributed by atoms with Crippen LogP contribution in [0.4, 0.5) is 4.79 Å². The monoisotopic (exact) mass is 274 g/mol. The molecule has 0 saturated carbocycles. The number of hydrogen-bond donors (Lipinski definition) is 1. The number of amides is 2. The van der Waals surface area contributed by atoms with Crippen molar-refractivity contribution in [3.8, 4) is 0 Å². The van der Waals surface area contributed by atoms with Gasteiger partial charge in [-0.15, -0.1) is 0 Å². The Morgan fingerprint density at radius 2 is 1.89 bits per heavy atom. The van der Waals surface area contributed by atoms with Crippen LogP contribution in [0.25, 0.3) is 0 Å². The predicted molar refractivity (Wildman–Crippen MR) is 74.1 cm³/mol. The number of likely N-dealkylation sites (tertiary alicyclic amines) is 1. The summed E-state index contributed by atoms with van der Waals surface area (Å²) < 4.78 is 5.60. The van der Waals surface area contributed by atoms with Gasteiger partial charge in [-0.1, -0.05) is 26.7 Å². The molecule has 1 rings (SSSR count). The minimum absolute atomic E-state index is 0.304. The van der Waals surface area contributed by atoms with Gasteiger partial charge in [-0.05, 0) is 32.4 Å². The van der Waals surface area contributed by atoms with Crippen molar-refractivity contribution in [2.45, 2.75) is 33.6 Å². The average Bonchev–Trinajstić information content (AvgIpc) is 2.40. The van der Waals surface area contributed by atoms with E-state index in [0.717, 1.165) is 31.5 Å². The molecule has 0 bridgehead atoms. The molecule has 0 unspecified atom stereocenters. The first kappa shape index (κ1) is 17.0. The van der Waals surface area contributed by atoms with E-state index < -0.39 is 6.09 Å². The molecule has 5 nitrogen and oxygen atoms in total. The molecule has 0 atom stereocenters. The largest absolute Gasteiger partial charge is 0.431 e. The van der Waals surface area contributed by atoms with Crippen molar-refractivity contribution in [3.05, 3.63) is 11.3 Å². The second-order valence-electron chi connectivity index (χ2n) is 3.78. The fourth-order valence-corrected chi connectivity index (χ4v) is 1.57. The maximum absolute atomic E-state index is 11.2. The van der Waals surface area contributed by atoms with E-state index in [1.807, 2.05) is 13.8 Å². The van der Waals surface area contributed by atoms with Crippen molar-refractivity contribution >= 4 is 25.3 Å². The van der Waals surface area contributed by atoms with Crippen molar-refractivity contribution in [1.82, 2.24) is 9.21 Å². The van der Waals surface area contributed by atoms with Gasteiger partial charge in [-0.25, -0.2) is 4.79 Å². The van der Waals surface area contributed by atoms with E-state index in [1.165, 1.54) is 0 Å². The lowest BCUT2D eigenvalue weighted by molar-refractivity contribution is -0.112. The van der Waals surface area contributed by atoms with Gasteiger partial charge in [-0.2, -0.15) is 4.31 Å². The summed E-state index contributed by atoms with van der Waals surface area (Å²) >= 11 is 3.64. The number of ether oxygens (including phenoxy) is 1. The van der Waals surface area contributed by atoms with Crippen molar-refractivity contribution < 1.29 is 14.3 Å². The lowest BCUT2D eigenvalue weighted by Gasteiger charge is -2.25. The smallest absolute Gasteiger partial charge is 0.414 e. The lowest BCUT2D eigenvalue weighted by atomic mass is 10.0. The molecule has 0 spiro atoms. The number of rotatable bonds is 2. The summed E-state index contributed by atoms with van der Waals surface area (Å²) in [6, 6.07) is 0. The van der Waals surface area contributed by atoms with Crippen LogP contribution in [0.15, 0.2) is 11.3 Å². The fraction of sp³-hybridized carbons (Fsp3) is 0.667. The lowest BCUT2D eigenvalue weighted by Crippen LogP contribution is -2.27. The van der Waals surface area contributed by atoms with Gasteiger partial charge in [0.05, 0.1) is 0 Å². The summed E-state index contributed by atoms with van der Waals surface area (Å²) in [5, 5.41) is 0. The van der Waals surface area contributed by atoms with Crippen LogP contribution in [0.3, 0.4) is 0 Å². The minimum atomic E-state index is -0.762. The summed E-state index contributed by atoms with van der Waals surface area (Å²) in [6.45, 7) is 7.66. The molecule has 0 radical (unpaired) electrons. The van der Waals surface area contributed by atoms with Crippen molar-refractivity contribution in [2.75, 3.05) is 20.1 Å². The van der Waals surface area contributed by atoms with E-state index in [0.29, 0.717) is 16.5 Å². The van der Waals surface area contributed by atoms with Crippen LogP contribution < -0.4 is 0 Å². The number of carbonyl (C=O) groups is 2. The zero-order valence-corrected chi connectivity index (χ0v) is 12.4. The Balaban J connectivity index is 0.00000137. The SMILES string of the molecule is CC.CC(OC(=O)N(S)C=O)=C1CCN(C)CC1. The Morgan fingerprint density at radius 1 is 1.39 bits per heavy atom. The first-order chi connectivity index (χ1) is 8.54. The summed E-state index contributed by atoms with van der Waals surface area (Å²) in [5.41, 5.74) is 1.12. The van der Waals surface area contributed by atoms with Gasteiger partial charge in [0.15, 0.2) is 0 Å². The van der Waals surface area contributed by atoms with E-state index in [2.05, 4.69) is 24.8 Å². The van der Waals surface area contributed by atoms with Gasteiger partial charge in [0, 0.05) is 13.1 Å². The van der Waals surface area contributed by atoms with E-state index >= 15 is 0 Å². The third-order valence-electron chi connectivity index (χ3n) is 2.62. The molecule has 0 aromatic carbocycles. The molecule has 0 aromatic heterocycles. The highest BCUT2D eigenvalue weighted by atomic mass is 32.1. The second-order valence-corrected chi connectivity index (χ2v) is 4.21. The van der Waals surface area contributed by atoms with E-state index in [1.54, 1.807) is 6.92 Å². The van der Waals surface area contributed by atoms with Gasteiger partial charge >= 0.3 is 6.09 Å². The number of thiol groups is 1. The highest BCUT2D eigenvalue weighted by Gasteiger charge is 2.16. The Morgan fingerprint density at radius 3 is 2.33 bits per heavy atom. The molecule has 2 amide bonds. The number of hydrogen-bond acceptors (Lipinski definition) is 5. The molecule has 1 aliphatic rings. The number of imide groups is 1. The molecule has 1 heterocycles. The summed E-state index contributed by atoms with van der Waals surface area (Å²) in [7, 11) is 2.06. The minimum Gasteiger partial charge on any atom is -0.414 e. The average molecular weight is 274 g/mol. The molecule has 18 heavy (non-hydrogen) atoms. The molecule has 0 aromatic rings. The second kappa shape index (κ2) is 8.99. The molecule has 0 N–H and O–H groups in total. The van der Waals surface area contributed by atoms with Gasteiger partial charge in [0.1, 0.15) is 5.76 Å². The van der Waals surface area contributed by atoms with Crippen LogP contribution >= 0.6 is 12.8 Å². The highest BCUT2D eigenvalue weighted by Crippen LogP contribution is 2.20. The van der Waals surface area contributed by atoms with Crippen LogP contribution in [0.5, 0.6) is 0 Å². The Hall–Kier alpha value is -1.01. The topological polar surface area (TPSA) is 49.9 Å². The number of carbonyl (C=O) groups excluding carboxylic acids is 2. The van der Waals surface area contributed by atoms with Crippen LogP contribution in [-0.4, -0.2) is 41.8 Å². The zero-order chi connectivity index (χ0) is 14.1. The van der Waals surface area contributed by atoms with Crippen LogP contribution in [-0.2, 0) is 9.53 Å². The van der Waals surface area contributed by atoms with Crippen molar-refractivity contribution in [3.63, 3.8) is 0 Å². The third kappa shape index (κ3) is 5.55. The molecular formula is C12H22N2O3S. The number of nitrogens with zero attached hydrogens (tertiary/aromatic N) is 2. The molecule has 1 saturated heterocycles. The molecule has 0 aliphatic carbocycles. The first-order valence-corrected chi connectivity index (χ1v) is 6.47. The summed E-state index contributed by atoms with van der Waals surface area (Å²) in [6.07, 6.45) is 1.33. The fourth-order valence-electron chi connectivity index (χ4n) is 1.53. The Kier molecular flexibility index (Phi) is 8.49. The van der Waals surface area contributed by atoms with E-state index in [9.17, 15) is 9.59 Å². The summed E-state index contributed by atoms with van der Waals surface area (Å²) in [4.78, 5) is 23.7. The highest BCUT2D eigenvalue weighted by molar-refractivity contribution is 7.78. The Bertz CT molecular complexity index is 308. The normalized spacial score (nSPS) is 15.3. The standard InChI is InChI=1S/C10H16N2O3S.C2H6/c1-8(15-10(14)12(16)7-13)9-3-5-11(2)6-4-9;1-2/h7,16H,3-6H2,1-2H3;1-2H3. The Labute approximate surface area is 114 Å². The van der Waals surface area contributed by atoms with Crippen molar-refractivity contribution in [2.24, 2.45) is 0 Å². The number of allylic oxidation sites excluding steroid dienone is 1. The maximum Gasteiger partial charge on any atom is 0.431 e. The molecule has 104 valence electrons. The molecular weight excluding hydrogens is 252 g/mol.